The Bertz CT molecular complexity index is 238. The second kappa shape index (κ2) is 4.31. The first-order valence-electron chi connectivity index (χ1n) is 5.46. The first kappa shape index (κ1) is 11.5. The lowest BCUT2D eigenvalue weighted by molar-refractivity contribution is 0.0367. The molecule has 0 saturated heterocycles. The molecule has 0 aromatic carbocycles. The van der Waals surface area contributed by atoms with Gasteiger partial charge in [-0.3, -0.25) is 0 Å². The maximum atomic E-state index is 10.1. The summed E-state index contributed by atoms with van der Waals surface area (Å²) in [5.41, 5.74) is 0.201. The van der Waals surface area contributed by atoms with Gasteiger partial charge in [0.1, 0.15) is 0 Å². The maximum absolute atomic E-state index is 10.1. The molecule has 80 valence electrons. The standard InChI is InChI=1S/C13H22O/c1-5-7-11(14)12-10(2)8-6-9-13(12,3)4/h5-8,10-12,14H,9H2,1-4H3. The Kier molecular flexibility index (Phi) is 3.54. The van der Waals surface area contributed by atoms with Gasteiger partial charge in [0.2, 0.25) is 0 Å². The van der Waals surface area contributed by atoms with Crippen LogP contribution < -0.4 is 0 Å². The Balaban J connectivity index is 2.87. The van der Waals surface area contributed by atoms with Gasteiger partial charge in [0.15, 0.2) is 0 Å². The largest absolute Gasteiger partial charge is 0.389 e. The molecule has 0 heterocycles. The lowest BCUT2D eigenvalue weighted by Crippen LogP contribution is -2.39. The molecule has 0 radical (unpaired) electrons. The maximum Gasteiger partial charge on any atom is 0.0759 e. The monoisotopic (exact) mass is 194 g/mol. The van der Waals surface area contributed by atoms with E-state index in [1.54, 1.807) is 0 Å². The van der Waals surface area contributed by atoms with E-state index in [1.807, 2.05) is 19.1 Å². The Morgan fingerprint density at radius 1 is 1.50 bits per heavy atom. The highest BCUT2D eigenvalue weighted by molar-refractivity contribution is 5.07. The van der Waals surface area contributed by atoms with E-state index in [0.717, 1.165) is 6.42 Å². The van der Waals surface area contributed by atoms with Crippen LogP contribution in [-0.2, 0) is 0 Å². The van der Waals surface area contributed by atoms with E-state index in [4.69, 9.17) is 0 Å². The number of allylic oxidation sites excluding steroid dienone is 3. The summed E-state index contributed by atoms with van der Waals surface area (Å²) in [5, 5.41) is 10.1. The van der Waals surface area contributed by atoms with Crippen LogP contribution in [0.1, 0.15) is 34.1 Å². The minimum atomic E-state index is -0.310. The first-order chi connectivity index (χ1) is 6.49. The van der Waals surface area contributed by atoms with Crippen molar-refractivity contribution in [2.75, 3.05) is 0 Å². The van der Waals surface area contributed by atoms with Crippen molar-refractivity contribution in [2.45, 2.75) is 40.2 Å². The highest BCUT2D eigenvalue weighted by atomic mass is 16.3. The molecular weight excluding hydrogens is 172 g/mol. The Morgan fingerprint density at radius 2 is 2.14 bits per heavy atom. The third-order valence-corrected chi connectivity index (χ3v) is 3.31. The number of hydrogen-bond donors (Lipinski definition) is 1. The average Bonchev–Trinajstić information content (AvgIpc) is 2.02. The van der Waals surface area contributed by atoms with Gasteiger partial charge < -0.3 is 5.11 Å². The SMILES string of the molecule is CC=CC(O)C1C(C)C=CCC1(C)C. The van der Waals surface area contributed by atoms with Crippen molar-refractivity contribution < 1.29 is 5.11 Å². The predicted octanol–water partition coefficient (Wildman–Crippen LogP) is 3.16. The molecule has 1 N–H and O–H groups in total. The molecule has 0 saturated carbocycles. The molecule has 1 rings (SSSR count). The molecule has 0 spiro atoms. The van der Waals surface area contributed by atoms with Crippen LogP contribution in [-0.4, -0.2) is 11.2 Å². The second-order valence-electron chi connectivity index (χ2n) is 5.02. The van der Waals surface area contributed by atoms with E-state index in [-0.39, 0.29) is 11.5 Å². The van der Waals surface area contributed by atoms with Crippen LogP contribution in [0.4, 0.5) is 0 Å². The van der Waals surface area contributed by atoms with Crippen LogP contribution in [0, 0.1) is 17.3 Å². The summed E-state index contributed by atoms with van der Waals surface area (Å²) < 4.78 is 0. The number of rotatable bonds is 2. The average molecular weight is 194 g/mol. The minimum absolute atomic E-state index is 0.201. The van der Waals surface area contributed by atoms with Crippen molar-refractivity contribution in [3.8, 4) is 0 Å². The topological polar surface area (TPSA) is 20.2 Å². The summed E-state index contributed by atoms with van der Waals surface area (Å²) >= 11 is 0. The zero-order valence-corrected chi connectivity index (χ0v) is 9.70. The fraction of sp³-hybridized carbons (Fsp3) is 0.692. The van der Waals surface area contributed by atoms with Gasteiger partial charge in [-0.1, -0.05) is 45.1 Å². The summed E-state index contributed by atoms with van der Waals surface area (Å²) in [5.74, 6) is 0.800. The van der Waals surface area contributed by atoms with Gasteiger partial charge in [-0.25, -0.2) is 0 Å². The molecule has 0 aromatic heterocycles. The van der Waals surface area contributed by atoms with Crippen molar-refractivity contribution in [2.24, 2.45) is 17.3 Å². The van der Waals surface area contributed by atoms with Gasteiger partial charge in [0.05, 0.1) is 6.10 Å². The number of hydrogen-bond acceptors (Lipinski definition) is 1. The molecule has 14 heavy (non-hydrogen) atoms. The molecule has 1 nitrogen and oxygen atoms in total. The molecule has 3 atom stereocenters. The second-order valence-corrected chi connectivity index (χ2v) is 5.02. The molecule has 1 heteroatoms. The van der Waals surface area contributed by atoms with Crippen molar-refractivity contribution >= 4 is 0 Å². The van der Waals surface area contributed by atoms with E-state index >= 15 is 0 Å². The fourth-order valence-electron chi connectivity index (χ4n) is 2.64. The highest BCUT2D eigenvalue weighted by Crippen LogP contribution is 2.42. The predicted molar refractivity (Wildman–Crippen MR) is 61.0 cm³/mol. The first-order valence-corrected chi connectivity index (χ1v) is 5.46. The number of aliphatic hydroxyl groups excluding tert-OH is 1. The van der Waals surface area contributed by atoms with Crippen LogP contribution in [0.2, 0.25) is 0 Å². The van der Waals surface area contributed by atoms with E-state index in [0.29, 0.717) is 11.8 Å². The zero-order chi connectivity index (χ0) is 10.8. The summed E-state index contributed by atoms with van der Waals surface area (Å²) in [4.78, 5) is 0. The van der Waals surface area contributed by atoms with Crippen molar-refractivity contribution in [3.05, 3.63) is 24.3 Å². The zero-order valence-electron chi connectivity index (χ0n) is 9.70. The normalized spacial score (nSPS) is 33.5. The lowest BCUT2D eigenvalue weighted by atomic mass is 9.65. The third kappa shape index (κ3) is 2.27. The van der Waals surface area contributed by atoms with E-state index < -0.39 is 0 Å². The quantitative estimate of drug-likeness (QED) is 0.669. The van der Waals surface area contributed by atoms with Gasteiger partial charge in [-0.2, -0.15) is 0 Å². The summed E-state index contributed by atoms with van der Waals surface area (Å²) in [6.07, 6.45) is 9.06. The van der Waals surface area contributed by atoms with E-state index in [2.05, 4.69) is 32.9 Å². The van der Waals surface area contributed by atoms with Crippen molar-refractivity contribution in [1.29, 1.82) is 0 Å². The third-order valence-electron chi connectivity index (χ3n) is 3.31. The van der Waals surface area contributed by atoms with Crippen molar-refractivity contribution in [1.82, 2.24) is 0 Å². The van der Waals surface area contributed by atoms with Gasteiger partial charge >= 0.3 is 0 Å². The Labute approximate surface area is 87.5 Å². The summed E-state index contributed by atoms with van der Waals surface area (Å²) in [6.45, 7) is 8.63. The van der Waals surface area contributed by atoms with E-state index in [9.17, 15) is 5.11 Å². The van der Waals surface area contributed by atoms with Crippen LogP contribution in [0.3, 0.4) is 0 Å². The molecular formula is C13H22O. The molecule has 0 fully saturated rings. The molecule has 0 aliphatic heterocycles. The van der Waals surface area contributed by atoms with Gasteiger partial charge in [-0.15, -0.1) is 0 Å². The van der Waals surface area contributed by atoms with E-state index in [1.165, 1.54) is 0 Å². The number of aliphatic hydroxyl groups is 1. The smallest absolute Gasteiger partial charge is 0.0759 e. The summed E-state index contributed by atoms with van der Waals surface area (Å²) in [7, 11) is 0. The van der Waals surface area contributed by atoms with Crippen LogP contribution in [0.25, 0.3) is 0 Å². The van der Waals surface area contributed by atoms with Gasteiger partial charge in [0, 0.05) is 0 Å². The highest BCUT2D eigenvalue weighted by Gasteiger charge is 2.37. The molecule has 1 aliphatic rings. The van der Waals surface area contributed by atoms with Crippen LogP contribution >= 0.6 is 0 Å². The van der Waals surface area contributed by atoms with Gasteiger partial charge in [0.25, 0.3) is 0 Å². The molecule has 1 aliphatic carbocycles. The lowest BCUT2D eigenvalue weighted by Gasteiger charge is -2.41. The fourth-order valence-corrected chi connectivity index (χ4v) is 2.64. The van der Waals surface area contributed by atoms with Gasteiger partial charge in [-0.05, 0) is 30.6 Å². The van der Waals surface area contributed by atoms with Crippen LogP contribution in [0.5, 0.6) is 0 Å². The summed E-state index contributed by atoms with van der Waals surface area (Å²) in [6, 6.07) is 0. The Hall–Kier alpha value is -0.560. The molecule has 0 amide bonds. The Morgan fingerprint density at radius 3 is 2.64 bits per heavy atom. The molecule has 0 aromatic rings. The van der Waals surface area contributed by atoms with Crippen LogP contribution in [0.15, 0.2) is 24.3 Å². The van der Waals surface area contributed by atoms with Crippen molar-refractivity contribution in [3.63, 3.8) is 0 Å². The molecule has 3 unspecified atom stereocenters. The molecule has 0 bridgehead atoms. The minimum Gasteiger partial charge on any atom is -0.389 e.